The molecule has 1 saturated heterocycles. The topological polar surface area (TPSA) is 111 Å². The number of alkyl halides is 3. The smallest absolute Gasteiger partial charge is 0.497 e. The molecule has 252 valence electrons. The van der Waals surface area contributed by atoms with Crippen LogP contribution in [0.5, 0.6) is 11.5 Å². The Kier molecular flexibility index (Phi) is 10.1. The molecule has 2 heterocycles. The fraction of sp³-hybridized carbons (Fsp3) is 0.324. The molecule has 0 saturated carbocycles. The molecule has 4 aromatic rings. The summed E-state index contributed by atoms with van der Waals surface area (Å²) in [4.78, 5) is 36.0. The summed E-state index contributed by atoms with van der Waals surface area (Å²) in [5, 5.41) is 7.67. The van der Waals surface area contributed by atoms with Crippen LogP contribution >= 0.6 is 11.8 Å². The van der Waals surface area contributed by atoms with Crippen molar-refractivity contribution in [2.75, 3.05) is 24.3 Å². The van der Waals surface area contributed by atoms with Gasteiger partial charge in [0.1, 0.15) is 17.8 Å². The molecule has 10 nitrogen and oxygen atoms in total. The van der Waals surface area contributed by atoms with Crippen LogP contribution in [0, 0.1) is 5.41 Å². The van der Waals surface area contributed by atoms with E-state index in [9.17, 15) is 22.8 Å². The van der Waals surface area contributed by atoms with Crippen molar-refractivity contribution in [1.82, 2.24) is 20.1 Å². The third-order valence-electron chi connectivity index (χ3n) is 7.50. The highest BCUT2D eigenvalue weighted by atomic mass is 32.2. The zero-order valence-electron chi connectivity index (χ0n) is 27.0. The number of amides is 3. The number of aromatic nitrogens is 3. The van der Waals surface area contributed by atoms with E-state index < -0.39 is 12.4 Å². The predicted octanol–water partition coefficient (Wildman–Crippen LogP) is 7.38. The third-order valence-corrected chi connectivity index (χ3v) is 8.43. The van der Waals surface area contributed by atoms with Crippen molar-refractivity contribution < 1.29 is 32.2 Å². The summed E-state index contributed by atoms with van der Waals surface area (Å²) in [6, 6.07) is 18.1. The number of carbonyl (C=O) groups is 2. The van der Waals surface area contributed by atoms with Gasteiger partial charge in [-0.3, -0.25) is 9.69 Å². The van der Waals surface area contributed by atoms with Gasteiger partial charge in [-0.25, -0.2) is 14.5 Å². The Morgan fingerprint density at radius 1 is 1.04 bits per heavy atom. The number of nitrogens with one attached hydrogen (secondary N) is 1. The van der Waals surface area contributed by atoms with Gasteiger partial charge in [0.25, 0.3) is 0 Å². The van der Waals surface area contributed by atoms with Crippen LogP contribution in [0.3, 0.4) is 0 Å². The first kappa shape index (κ1) is 34.5. The summed E-state index contributed by atoms with van der Waals surface area (Å²) >= 11 is 1.22. The van der Waals surface area contributed by atoms with Gasteiger partial charge in [-0.05, 0) is 59.2 Å². The molecule has 0 spiro atoms. The van der Waals surface area contributed by atoms with E-state index >= 15 is 0 Å². The quantitative estimate of drug-likeness (QED) is 0.186. The van der Waals surface area contributed by atoms with Gasteiger partial charge in [-0.2, -0.15) is 4.99 Å². The molecule has 3 amide bonds. The van der Waals surface area contributed by atoms with Gasteiger partial charge < -0.3 is 14.8 Å². The van der Waals surface area contributed by atoms with Gasteiger partial charge in [0.15, 0.2) is 11.0 Å². The molecule has 14 heteroatoms. The highest BCUT2D eigenvalue weighted by molar-refractivity contribution is 8.15. The highest BCUT2D eigenvalue weighted by Crippen LogP contribution is 2.36. The molecule has 48 heavy (non-hydrogen) atoms. The molecule has 1 N–H and O–H groups in total. The van der Waals surface area contributed by atoms with E-state index in [4.69, 9.17) is 4.74 Å². The van der Waals surface area contributed by atoms with Crippen molar-refractivity contribution in [1.29, 1.82) is 0 Å². The number of ether oxygens (including phenoxy) is 2. The average Bonchev–Trinajstić information content (AvgIpc) is 3.66. The second kappa shape index (κ2) is 14.1. The summed E-state index contributed by atoms with van der Waals surface area (Å²) < 4.78 is 48.1. The molecule has 0 bridgehead atoms. The van der Waals surface area contributed by atoms with Gasteiger partial charge >= 0.3 is 12.4 Å². The van der Waals surface area contributed by atoms with Crippen molar-refractivity contribution in [2.24, 2.45) is 10.4 Å². The lowest BCUT2D eigenvalue weighted by atomic mass is 9.85. The largest absolute Gasteiger partial charge is 0.573 e. The van der Waals surface area contributed by atoms with Crippen LogP contribution in [-0.2, 0) is 11.2 Å². The molecule has 0 aliphatic carbocycles. The molecule has 0 radical (unpaired) electrons. The van der Waals surface area contributed by atoms with Crippen molar-refractivity contribution in [3.8, 4) is 28.6 Å². The standard InChI is InChI=1S/C34H35F3N6O4S/c1-21(2)27-15-14-26(46-5)16-28(27)43-29(44)18-48-32(43)40-31(45)38-19-33(3,4)17-22-6-8-23(9-7-22)30-39-20-42(41-30)24-10-12-25(13-11-24)47-34(35,36)37/h6-16,20-21H,17-19H2,1-5H3,(H,38,45). The first-order chi connectivity index (χ1) is 22.7. The van der Waals surface area contributed by atoms with Crippen LogP contribution in [0.15, 0.2) is 78.0 Å². The van der Waals surface area contributed by atoms with Crippen LogP contribution in [-0.4, -0.2) is 57.6 Å². The zero-order chi connectivity index (χ0) is 34.6. The number of methoxy groups -OCH3 is 1. The van der Waals surface area contributed by atoms with Crippen LogP contribution in [0.25, 0.3) is 17.1 Å². The Morgan fingerprint density at radius 3 is 2.38 bits per heavy atom. The summed E-state index contributed by atoms with van der Waals surface area (Å²) in [6.07, 6.45) is -2.63. The number of amidine groups is 1. The molecule has 3 aromatic carbocycles. The summed E-state index contributed by atoms with van der Waals surface area (Å²) in [6.45, 7) is 8.49. The number of halogens is 3. The third kappa shape index (κ3) is 8.54. The van der Waals surface area contributed by atoms with Gasteiger partial charge in [-0.15, -0.1) is 18.3 Å². The molecule has 0 unspecified atom stereocenters. The SMILES string of the molecule is COc1ccc(C(C)C)c(N2C(=O)CSC2=NC(=O)NCC(C)(C)Cc2ccc(-c3ncn(-c4ccc(OC(F)(F)F)cc4)n3)cc2)c1. The number of aliphatic imine (C=N–C) groups is 1. The maximum atomic E-state index is 13.0. The maximum absolute atomic E-state index is 13.0. The van der Waals surface area contributed by atoms with Gasteiger partial charge in [-0.1, -0.05) is 69.8 Å². The fourth-order valence-corrected chi connectivity index (χ4v) is 6.02. The lowest BCUT2D eigenvalue weighted by Gasteiger charge is -2.25. The van der Waals surface area contributed by atoms with E-state index in [1.54, 1.807) is 13.2 Å². The number of nitrogens with zero attached hydrogens (tertiary/aromatic N) is 5. The van der Waals surface area contributed by atoms with E-state index in [1.165, 1.54) is 51.9 Å². The number of hydrogen-bond donors (Lipinski definition) is 1. The molecule has 1 aromatic heterocycles. The lowest BCUT2D eigenvalue weighted by molar-refractivity contribution is -0.274. The molecule has 1 aliphatic rings. The number of urea groups is 1. The Hall–Kier alpha value is -4.85. The van der Waals surface area contributed by atoms with Gasteiger partial charge in [0, 0.05) is 18.2 Å². The van der Waals surface area contributed by atoms with Crippen molar-refractivity contribution in [2.45, 2.75) is 46.4 Å². The summed E-state index contributed by atoms with van der Waals surface area (Å²) in [5.74, 6) is 0.912. The van der Waals surface area contributed by atoms with Gasteiger partial charge in [0.2, 0.25) is 5.91 Å². The van der Waals surface area contributed by atoms with Crippen LogP contribution in [0.1, 0.15) is 44.7 Å². The Balaban J connectivity index is 1.20. The number of hydrogen-bond acceptors (Lipinski definition) is 7. The number of thioether (sulfide) groups is 1. The van der Waals surface area contributed by atoms with Crippen LogP contribution < -0.4 is 19.7 Å². The zero-order valence-corrected chi connectivity index (χ0v) is 27.9. The molecule has 5 rings (SSSR count). The highest BCUT2D eigenvalue weighted by Gasteiger charge is 2.33. The van der Waals surface area contributed by atoms with Crippen LogP contribution in [0.4, 0.5) is 23.7 Å². The first-order valence-electron chi connectivity index (χ1n) is 15.1. The van der Waals surface area contributed by atoms with E-state index in [0.717, 1.165) is 16.7 Å². The van der Waals surface area contributed by atoms with Crippen molar-refractivity contribution in [3.63, 3.8) is 0 Å². The van der Waals surface area contributed by atoms with E-state index in [-0.39, 0.29) is 28.7 Å². The monoisotopic (exact) mass is 680 g/mol. The van der Waals surface area contributed by atoms with Crippen molar-refractivity contribution >= 4 is 34.6 Å². The molecule has 0 atom stereocenters. The molecular formula is C34H35F3N6O4S. The molecular weight excluding hydrogens is 645 g/mol. The number of carbonyl (C=O) groups excluding carboxylic acids is 2. The van der Waals surface area contributed by atoms with Gasteiger partial charge in [0.05, 0.1) is 24.2 Å². The molecule has 1 fully saturated rings. The minimum absolute atomic E-state index is 0.138. The predicted molar refractivity (Wildman–Crippen MR) is 179 cm³/mol. The minimum Gasteiger partial charge on any atom is -0.497 e. The number of anilines is 1. The lowest BCUT2D eigenvalue weighted by Crippen LogP contribution is -2.36. The fourth-order valence-electron chi connectivity index (χ4n) is 5.16. The average molecular weight is 681 g/mol. The van der Waals surface area contributed by atoms with Crippen LogP contribution in [0.2, 0.25) is 0 Å². The second-order valence-corrected chi connectivity index (χ2v) is 13.2. The minimum atomic E-state index is -4.76. The summed E-state index contributed by atoms with van der Waals surface area (Å²) in [5.41, 5.74) is 3.61. The normalized spacial score (nSPS) is 14.6. The van der Waals surface area contributed by atoms with Crippen molar-refractivity contribution in [3.05, 3.63) is 84.2 Å². The molecule has 1 aliphatic heterocycles. The van der Waals surface area contributed by atoms with E-state index in [2.05, 4.69) is 25.1 Å². The number of rotatable bonds is 10. The Labute approximate surface area is 280 Å². The Bertz CT molecular complexity index is 1800. The Morgan fingerprint density at radius 2 is 1.73 bits per heavy atom. The van der Waals surface area contributed by atoms with E-state index in [1.807, 2.05) is 64.1 Å². The maximum Gasteiger partial charge on any atom is 0.573 e. The first-order valence-corrected chi connectivity index (χ1v) is 16.1. The summed E-state index contributed by atoms with van der Waals surface area (Å²) in [7, 11) is 1.56. The number of benzene rings is 3. The van der Waals surface area contributed by atoms with E-state index in [0.29, 0.717) is 41.1 Å². The second-order valence-electron chi connectivity index (χ2n) is 12.2.